The lowest BCUT2D eigenvalue weighted by molar-refractivity contribution is 0.107. The van der Waals surface area contributed by atoms with Crippen LogP contribution in [0.15, 0.2) is 15.4 Å². The van der Waals surface area contributed by atoms with E-state index in [-0.39, 0.29) is 33.7 Å². The fourth-order valence-corrected chi connectivity index (χ4v) is 3.91. The molecular formula is C12H15BrClFN2O3S. The van der Waals surface area contributed by atoms with Crippen molar-refractivity contribution in [1.29, 1.82) is 0 Å². The van der Waals surface area contributed by atoms with Crippen LogP contribution in [0.5, 0.6) is 0 Å². The van der Waals surface area contributed by atoms with E-state index in [9.17, 15) is 12.8 Å². The van der Waals surface area contributed by atoms with Gasteiger partial charge in [-0.05, 0) is 35.3 Å². The van der Waals surface area contributed by atoms with E-state index in [4.69, 9.17) is 22.1 Å². The van der Waals surface area contributed by atoms with Crippen LogP contribution in [0.1, 0.15) is 13.3 Å². The molecule has 5 nitrogen and oxygen atoms in total. The van der Waals surface area contributed by atoms with E-state index in [1.54, 1.807) is 0 Å². The molecule has 1 aliphatic rings. The summed E-state index contributed by atoms with van der Waals surface area (Å²) in [6.45, 7) is 2.65. The number of rotatable bonds is 4. The number of nitrogen functional groups attached to an aromatic ring is 1. The van der Waals surface area contributed by atoms with E-state index in [1.807, 2.05) is 6.92 Å². The van der Waals surface area contributed by atoms with Gasteiger partial charge in [-0.3, -0.25) is 0 Å². The highest BCUT2D eigenvalue weighted by Gasteiger charge is 2.28. The molecule has 0 aliphatic carbocycles. The second-order valence-electron chi connectivity index (χ2n) is 4.87. The maximum Gasteiger partial charge on any atom is 0.243 e. The number of sulfonamides is 1. The van der Waals surface area contributed by atoms with Crippen molar-refractivity contribution < 1.29 is 17.5 Å². The summed E-state index contributed by atoms with van der Waals surface area (Å²) in [5, 5.41) is 0.0341. The maximum atomic E-state index is 14.1. The molecule has 0 spiro atoms. The van der Waals surface area contributed by atoms with Gasteiger partial charge in [0.05, 0.1) is 21.3 Å². The molecule has 2 rings (SSSR count). The van der Waals surface area contributed by atoms with E-state index < -0.39 is 20.7 Å². The molecule has 0 aromatic heterocycles. The van der Waals surface area contributed by atoms with Crippen molar-refractivity contribution >= 4 is 43.2 Å². The summed E-state index contributed by atoms with van der Waals surface area (Å²) in [6.07, 6.45) is 0.728. The third-order valence-electron chi connectivity index (χ3n) is 3.52. The summed E-state index contributed by atoms with van der Waals surface area (Å²) in [7, 11) is -4.03. The van der Waals surface area contributed by atoms with E-state index in [0.29, 0.717) is 6.61 Å². The summed E-state index contributed by atoms with van der Waals surface area (Å²) < 4.78 is 46.4. The standard InChI is InChI=1S/C12H15BrClFN2O3S/c1-6-7(2-3-20-6)5-17-21(18,19)9-4-8(14)10(13)12(16)11(9)15/h4,6-7,17H,2-3,5,16H2,1H3. The zero-order valence-corrected chi connectivity index (χ0v) is 14.4. The van der Waals surface area contributed by atoms with Gasteiger partial charge in [-0.15, -0.1) is 0 Å². The Balaban J connectivity index is 2.24. The lowest BCUT2D eigenvalue weighted by Crippen LogP contribution is -2.32. The number of ether oxygens (including phenoxy) is 1. The van der Waals surface area contributed by atoms with Gasteiger partial charge >= 0.3 is 0 Å². The first-order chi connectivity index (χ1) is 9.74. The highest BCUT2D eigenvalue weighted by Crippen LogP contribution is 2.34. The first kappa shape index (κ1) is 17.0. The molecule has 1 aliphatic heterocycles. The molecule has 1 aromatic carbocycles. The first-order valence-electron chi connectivity index (χ1n) is 6.28. The Morgan fingerprint density at radius 2 is 2.29 bits per heavy atom. The Morgan fingerprint density at radius 1 is 1.62 bits per heavy atom. The number of anilines is 1. The molecule has 1 saturated heterocycles. The van der Waals surface area contributed by atoms with Gasteiger partial charge in [-0.2, -0.15) is 0 Å². The fraction of sp³-hybridized carbons (Fsp3) is 0.500. The molecule has 3 N–H and O–H groups in total. The van der Waals surface area contributed by atoms with Crippen LogP contribution in [-0.4, -0.2) is 27.7 Å². The molecule has 1 heterocycles. The van der Waals surface area contributed by atoms with Crippen LogP contribution in [0.25, 0.3) is 0 Å². The predicted octanol–water partition coefficient (Wildman–Crippen LogP) is 2.53. The Morgan fingerprint density at radius 3 is 2.86 bits per heavy atom. The maximum absolute atomic E-state index is 14.1. The van der Waals surface area contributed by atoms with Gasteiger partial charge in [0.15, 0.2) is 5.82 Å². The summed E-state index contributed by atoms with van der Waals surface area (Å²) in [5.74, 6) is -0.958. The number of hydrogen-bond donors (Lipinski definition) is 2. The third-order valence-corrected chi connectivity index (χ3v) is 6.32. The second-order valence-corrected chi connectivity index (χ2v) is 7.81. The Labute approximate surface area is 136 Å². The molecule has 21 heavy (non-hydrogen) atoms. The van der Waals surface area contributed by atoms with E-state index in [2.05, 4.69) is 20.7 Å². The van der Waals surface area contributed by atoms with Crippen LogP contribution in [0.3, 0.4) is 0 Å². The summed E-state index contributed by atoms with van der Waals surface area (Å²) in [4.78, 5) is -0.556. The smallest absolute Gasteiger partial charge is 0.243 e. The average molecular weight is 402 g/mol. The molecule has 0 saturated carbocycles. The van der Waals surface area contributed by atoms with Crippen molar-refractivity contribution in [2.45, 2.75) is 24.3 Å². The number of benzene rings is 1. The van der Waals surface area contributed by atoms with Gasteiger partial charge in [0.25, 0.3) is 0 Å². The molecule has 0 radical (unpaired) electrons. The van der Waals surface area contributed by atoms with Gasteiger partial charge < -0.3 is 10.5 Å². The van der Waals surface area contributed by atoms with Gasteiger partial charge in [0.1, 0.15) is 4.90 Å². The minimum Gasteiger partial charge on any atom is -0.395 e. The highest BCUT2D eigenvalue weighted by molar-refractivity contribution is 9.10. The highest BCUT2D eigenvalue weighted by atomic mass is 79.9. The zero-order valence-electron chi connectivity index (χ0n) is 11.2. The van der Waals surface area contributed by atoms with E-state index in [1.165, 1.54) is 0 Å². The fourth-order valence-electron chi connectivity index (χ4n) is 2.13. The number of nitrogens with two attached hydrogens (primary N) is 1. The van der Waals surface area contributed by atoms with Crippen molar-refractivity contribution in [2.24, 2.45) is 5.92 Å². The number of nitrogens with one attached hydrogen (secondary N) is 1. The molecule has 0 amide bonds. The van der Waals surface area contributed by atoms with Gasteiger partial charge in [0, 0.05) is 19.1 Å². The lowest BCUT2D eigenvalue weighted by atomic mass is 10.0. The second kappa shape index (κ2) is 6.37. The van der Waals surface area contributed by atoms with Crippen molar-refractivity contribution in [3.8, 4) is 0 Å². The minimum atomic E-state index is -4.03. The van der Waals surface area contributed by atoms with E-state index in [0.717, 1.165) is 12.5 Å². The summed E-state index contributed by atoms with van der Waals surface area (Å²) in [6, 6.07) is 1.04. The van der Waals surface area contributed by atoms with Crippen LogP contribution in [-0.2, 0) is 14.8 Å². The Bertz CT molecular complexity index is 656. The molecule has 9 heteroatoms. The largest absolute Gasteiger partial charge is 0.395 e. The molecule has 118 valence electrons. The average Bonchev–Trinajstić information content (AvgIpc) is 2.83. The van der Waals surface area contributed by atoms with Crippen LogP contribution in [0.2, 0.25) is 5.02 Å². The lowest BCUT2D eigenvalue weighted by Gasteiger charge is -2.16. The van der Waals surface area contributed by atoms with Crippen LogP contribution in [0, 0.1) is 11.7 Å². The molecule has 1 fully saturated rings. The summed E-state index contributed by atoms with van der Waals surface area (Å²) >= 11 is 8.84. The van der Waals surface area contributed by atoms with Gasteiger partial charge in [0.2, 0.25) is 10.0 Å². The Kier molecular flexibility index (Phi) is 5.15. The first-order valence-corrected chi connectivity index (χ1v) is 8.93. The molecule has 0 bridgehead atoms. The quantitative estimate of drug-likeness (QED) is 0.600. The van der Waals surface area contributed by atoms with Crippen LogP contribution < -0.4 is 10.5 Å². The van der Waals surface area contributed by atoms with Crippen molar-refractivity contribution in [2.75, 3.05) is 18.9 Å². The molecule has 2 unspecified atom stereocenters. The molecular weight excluding hydrogens is 387 g/mol. The predicted molar refractivity (Wildman–Crippen MR) is 82.2 cm³/mol. The normalized spacial score (nSPS) is 22.7. The number of hydrogen-bond acceptors (Lipinski definition) is 4. The zero-order chi connectivity index (χ0) is 15.8. The molecule has 2 atom stereocenters. The summed E-state index contributed by atoms with van der Waals surface area (Å²) in [5.41, 5.74) is 5.17. The van der Waals surface area contributed by atoms with Crippen LogP contribution >= 0.6 is 27.5 Å². The van der Waals surface area contributed by atoms with Crippen molar-refractivity contribution in [3.05, 3.63) is 21.4 Å². The Hall–Kier alpha value is -0.410. The molecule has 1 aromatic rings. The SMILES string of the molecule is CC1OCCC1CNS(=O)(=O)c1cc(Cl)c(Br)c(N)c1F. The number of halogens is 3. The van der Waals surface area contributed by atoms with Gasteiger partial charge in [-0.25, -0.2) is 17.5 Å². The van der Waals surface area contributed by atoms with E-state index >= 15 is 0 Å². The van der Waals surface area contributed by atoms with Crippen molar-refractivity contribution in [1.82, 2.24) is 4.72 Å². The topological polar surface area (TPSA) is 81.4 Å². The van der Waals surface area contributed by atoms with Gasteiger partial charge in [-0.1, -0.05) is 11.6 Å². The minimum absolute atomic E-state index is 0.0314. The third kappa shape index (κ3) is 3.50. The monoisotopic (exact) mass is 400 g/mol. The van der Waals surface area contributed by atoms with Crippen LogP contribution in [0.4, 0.5) is 10.1 Å². The van der Waals surface area contributed by atoms with Crippen molar-refractivity contribution in [3.63, 3.8) is 0 Å².